The van der Waals surface area contributed by atoms with E-state index in [1.807, 2.05) is 0 Å². The molecule has 1 fully saturated rings. The molecule has 0 aromatic carbocycles. The van der Waals surface area contributed by atoms with Gasteiger partial charge in [-0.15, -0.1) is 34.4 Å². The van der Waals surface area contributed by atoms with Crippen molar-refractivity contribution in [2.24, 2.45) is 5.16 Å². The summed E-state index contributed by atoms with van der Waals surface area (Å²) in [5.41, 5.74) is 6.23. The molecule has 1 unspecified atom stereocenters. The number of β-lactam (4-membered cyclic amide) rings is 1. The predicted octanol–water partition coefficient (Wildman–Crippen LogP) is -1.22. The number of thioether (sulfide) groups is 1. The van der Waals surface area contributed by atoms with Gasteiger partial charge >= 0.3 is 5.97 Å². The van der Waals surface area contributed by atoms with Crippen LogP contribution in [0.25, 0.3) is 10.2 Å². The summed E-state index contributed by atoms with van der Waals surface area (Å²) < 4.78 is 2.32. The second-order valence-corrected chi connectivity index (χ2v) is 11.0. The van der Waals surface area contributed by atoms with Gasteiger partial charge in [0, 0.05) is 22.8 Å². The first-order chi connectivity index (χ1) is 18.2. The fourth-order valence-corrected chi connectivity index (χ4v) is 6.68. The average molecular weight is 576 g/mol. The number of fused-ring (bicyclic) bond motifs is 2. The van der Waals surface area contributed by atoms with Gasteiger partial charge in [0.15, 0.2) is 29.8 Å². The number of carboxylic acids is 2. The highest BCUT2D eigenvalue weighted by Gasteiger charge is 2.53. The highest BCUT2D eigenvalue weighted by Crippen LogP contribution is 2.40. The van der Waals surface area contributed by atoms with E-state index in [9.17, 15) is 24.3 Å². The smallest absolute Gasteiger partial charge is 0.365 e. The highest BCUT2D eigenvalue weighted by molar-refractivity contribution is 8.00. The van der Waals surface area contributed by atoms with Gasteiger partial charge < -0.3 is 30.9 Å². The van der Waals surface area contributed by atoms with E-state index in [1.165, 1.54) is 24.3 Å². The molecule has 0 spiro atoms. The van der Waals surface area contributed by atoms with E-state index in [1.54, 1.807) is 23.0 Å². The van der Waals surface area contributed by atoms with Crippen LogP contribution in [0.15, 0.2) is 40.3 Å². The molecule has 17 heteroatoms. The van der Waals surface area contributed by atoms with Crippen LogP contribution in [0, 0.1) is 0 Å². The van der Waals surface area contributed by atoms with E-state index in [2.05, 4.69) is 20.4 Å². The van der Waals surface area contributed by atoms with Gasteiger partial charge in [0.05, 0.1) is 16.4 Å². The third kappa shape index (κ3) is 4.54. The number of nitrogens with zero attached hydrogens (tertiary/aromatic N) is 5. The van der Waals surface area contributed by atoms with Crippen molar-refractivity contribution in [1.29, 1.82) is 0 Å². The van der Waals surface area contributed by atoms with Crippen LogP contribution in [0.1, 0.15) is 15.5 Å². The maximum absolute atomic E-state index is 13.0. The van der Waals surface area contributed by atoms with Gasteiger partial charge in [-0.25, -0.2) is 14.8 Å². The van der Waals surface area contributed by atoms with Crippen molar-refractivity contribution >= 4 is 79.2 Å². The standard InChI is InChI=1S/C21H17N7O7S3/c1-35-26-12(10-7-37-21(22)24-10)15(29)25-13-17(30)28-14(19(31)32)8(6-36-18(13)28)4-27-3-2-11-9(5-27)23-16(38-11)20(33)34/h2-3,5,7,13,18H,4,6H2,1H3,(H4-,22,24,25,29,31,32,33,34)/b26-12-/t13?,18-/m1/s1. The molecule has 5 rings (SSSR count). The normalized spacial score (nSPS) is 19.2. The number of aromatic carboxylic acids is 1. The number of nitrogen functional groups attached to an aromatic ring is 1. The summed E-state index contributed by atoms with van der Waals surface area (Å²) in [6, 6.07) is 0.683. The maximum atomic E-state index is 13.0. The number of hydrogen-bond acceptors (Lipinski definition) is 13. The van der Waals surface area contributed by atoms with E-state index >= 15 is 0 Å². The molecular weight excluding hydrogens is 558 g/mol. The fraction of sp³-hybridized carbons (Fsp3) is 0.238. The van der Waals surface area contributed by atoms with Crippen molar-refractivity contribution in [3.05, 3.63) is 45.8 Å². The van der Waals surface area contributed by atoms with Crippen LogP contribution in [0.2, 0.25) is 0 Å². The third-order valence-corrected chi connectivity index (χ3v) is 8.67. The van der Waals surface area contributed by atoms with Gasteiger partial charge in [-0.3, -0.25) is 14.5 Å². The number of pyridine rings is 1. The lowest BCUT2D eigenvalue weighted by atomic mass is 10.0. The largest absolute Gasteiger partial charge is 0.543 e. The first kappa shape index (κ1) is 25.6. The minimum atomic E-state index is -1.52. The molecule has 196 valence electrons. The molecule has 4 N–H and O–H groups in total. The van der Waals surface area contributed by atoms with E-state index < -0.39 is 35.2 Å². The van der Waals surface area contributed by atoms with Gasteiger partial charge in [0.2, 0.25) is 5.01 Å². The Morgan fingerprint density at radius 2 is 2.18 bits per heavy atom. The number of carbonyl (C=O) groups is 4. The molecule has 38 heavy (non-hydrogen) atoms. The second kappa shape index (κ2) is 9.99. The zero-order chi connectivity index (χ0) is 27.1. The van der Waals surface area contributed by atoms with E-state index in [0.29, 0.717) is 15.8 Å². The lowest BCUT2D eigenvalue weighted by molar-refractivity contribution is -0.687. The number of amides is 2. The summed E-state index contributed by atoms with van der Waals surface area (Å²) in [5, 5.41) is 28.5. The number of rotatable bonds is 8. The number of carbonyl (C=O) groups excluding carboxylic acids is 3. The van der Waals surface area contributed by atoms with Crippen molar-refractivity contribution in [2.75, 3.05) is 18.6 Å². The molecule has 1 saturated heterocycles. The number of anilines is 1. The number of thiazole rings is 2. The minimum Gasteiger partial charge on any atom is -0.543 e. The summed E-state index contributed by atoms with van der Waals surface area (Å²) in [5.74, 6) is -3.76. The van der Waals surface area contributed by atoms with Crippen LogP contribution in [0.4, 0.5) is 5.13 Å². The Hall–Kier alpha value is -4.09. The van der Waals surface area contributed by atoms with E-state index in [-0.39, 0.29) is 39.5 Å². The fourth-order valence-electron chi connectivity index (χ4n) is 4.02. The first-order valence-corrected chi connectivity index (χ1v) is 13.5. The minimum absolute atomic E-state index is 0.0559. The number of carboxylic acid groups (broad SMARTS) is 2. The van der Waals surface area contributed by atoms with Gasteiger partial charge in [-0.2, -0.15) is 4.57 Å². The molecule has 0 saturated carbocycles. The summed E-state index contributed by atoms with van der Waals surface area (Å²) in [4.78, 5) is 63.1. The van der Waals surface area contributed by atoms with Crippen molar-refractivity contribution in [2.45, 2.75) is 18.0 Å². The lowest BCUT2D eigenvalue weighted by Crippen LogP contribution is -2.71. The summed E-state index contributed by atoms with van der Waals surface area (Å²) in [6.07, 6.45) is 3.28. The van der Waals surface area contributed by atoms with Crippen LogP contribution in [-0.4, -0.2) is 73.7 Å². The number of aromatic nitrogens is 3. The predicted molar refractivity (Wildman–Crippen MR) is 134 cm³/mol. The van der Waals surface area contributed by atoms with Crippen molar-refractivity contribution < 1.29 is 38.8 Å². The molecule has 3 aromatic rings. The highest BCUT2D eigenvalue weighted by atomic mass is 32.2. The second-order valence-electron chi connectivity index (χ2n) is 7.98. The molecular formula is C21H17N7O7S3. The Balaban J connectivity index is 1.36. The Morgan fingerprint density at radius 1 is 1.39 bits per heavy atom. The number of aliphatic carboxylic acids is 1. The topological polar surface area (TPSA) is 204 Å². The van der Waals surface area contributed by atoms with Crippen molar-refractivity contribution in [1.82, 2.24) is 20.2 Å². The van der Waals surface area contributed by atoms with Crippen LogP contribution >= 0.6 is 34.4 Å². The SMILES string of the molecule is CO/N=C(\C(=O)NC1C(=O)N2C(C(=O)[O-])=C(C[n+]3ccc4sc(C(=O)O)nc4c3)CS[C@H]12)c1csc(N)n1. The molecule has 2 aliphatic heterocycles. The number of nitrogens with two attached hydrogens (primary N) is 1. The molecule has 0 aliphatic carbocycles. The van der Waals surface area contributed by atoms with Crippen LogP contribution < -0.4 is 20.7 Å². The number of hydrogen-bond donors (Lipinski definition) is 3. The Labute approximate surface area is 225 Å². The van der Waals surface area contributed by atoms with Gasteiger partial charge in [-0.1, -0.05) is 5.16 Å². The van der Waals surface area contributed by atoms with Gasteiger partial charge in [-0.05, 0) is 0 Å². The first-order valence-electron chi connectivity index (χ1n) is 10.7. The summed E-state index contributed by atoms with van der Waals surface area (Å²) in [7, 11) is 1.25. The third-order valence-electron chi connectivity index (χ3n) is 5.63. The Bertz CT molecular complexity index is 1560. The van der Waals surface area contributed by atoms with Crippen molar-refractivity contribution in [3.8, 4) is 0 Å². The van der Waals surface area contributed by atoms with Crippen molar-refractivity contribution in [3.63, 3.8) is 0 Å². The molecule has 2 atom stereocenters. The zero-order valence-corrected chi connectivity index (χ0v) is 21.8. The Morgan fingerprint density at radius 3 is 2.84 bits per heavy atom. The monoisotopic (exact) mass is 575 g/mol. The van der Waals surface area contributed by atoms with Gasteiger partial charge in [0.25, 0.3) is 11.8 Å². The maximum Gasteiger partial charge on any atom is 0.365 e. The number of nitrogens with one attached hydrogen (secondary N) is 1. The van der Waals surface area contributed by atoms with E-state index in [0.717, 1.165) is 27.6 Å². The molecule has 5 heterocycles. The summed E-state index contributed by atoms with van der Waals surface area (Å²) in [6.45, 7) is 0.107. The molecule has 3 aromatic heterocycles. The van der Waals surface area contributed by atoms with Crippen LogP contribution in [0.3, 0.4) is 0 Å². The quantitative estimate of drug-likeness (QED) is 0.126. The van der Waals surface area contributed by atoms with Crippen LogP contribution in [0.5, 0.6) is 0 Å². The molecule has 2 amide bonds. The zero-order valence-electron chi connectivity index (χ0n) is 19.3. The molecule has 2 aliphatic rings. The average Bonchev–Trinajstić information content (AvgIpc) is 3.51. The summed E-state index contributed by atoms with van der Waals surface area (Å²) >= 11 is 3.41. The van der Waals surface area contributed by atoms with Crippen LogP contribution in [-0.2, 0) is 25.8 Å². The molecule has 14 nitrogen and oxygen atoms in total. The molecule has 0 radical (unpaired) electrons. The Kier molecular flexibility index (Phi) is 6.72. The van der Waals surface area contributed by atoms with Gasteiger partial charge in [0.1, 0.15) is 29.7 Å². The van der Waals surface area contributed by atoms with E-state index in [4.69, 9.17) is 15.7 Å². The number of oxime groups is 1. The molecule has 0 bridgehead atoms. The lowest BCUT2D eigenvalue weighted by Gasteiger charge is -2.50.